The zero-order valence-electron chi connectivity index (χ0n) is 14.8. The van der Waals surface area contributed by atoms with Gasteiger partial charge in [-0.15, -0.1) is 0 Å². The van der Waals surface area contributed by atoms with Crippen molar-refractivity contribution in [2.45, 2.75) is 16.9 Å². The molecule has 6 nitrogen and oxygen atoms in total. The maximum absolute atomic E-state index is 12.2. The number of carbonyl (C=O) groups excluding carboxylic acids is 2. The second-order valence-corrected chi connectivity index (χ2v) is 7.19. The van der Waals surface area contributed by atoms with Crippen molar-refractivity contribution in [3.05, 3.63) is 77.0 Å². The van der Waals surface area contributed by atoms with E-state index in [4.69, 9.17) is 16.0 Å². The number of amides is 2. The summed E-state index contributed by atoms with van der Waals surface area (Å²) in [6.45, 7) is 1.40. The minimum atomic E-state index is -0.397. The molecule has 2 amide bonds. The van der Waals surface area contributed by atoms with Crippen LogP contribution in [0.25, 0.3) is 0 Å². The van der Waals surface area contributed by atoms with Gasteiger partial charge in [0, 0.05) is 28.1 Å². The third-order valence-electron chi connectivity index (χ3n) is 3.44. The van der Waals surface area contributed by atoms with Gasteiger partial charge in [-0.2, -0.15) is 5.10 Å². The quantitative estimate of drug-likeness (QED) is 0.448. The summed E-state index contributed by atoms with van der Waals surface area (Å²) in [5.41, 5.74) is 3.35. The number of carbonyl (C=O) groups is 2. The van der Waals surface area contributed by atoms with E-state index >= 15 is 0 Å². The normalized spacial score (nSPS) is 10.8. The first-order valence-corrected chi connectivity index (χ1v) is 9.43. The summed E-state index contributed by atoms with van der Waals surface area (Å²) in [5, 5.41) is 7.90. The van der Waals surface area contributed by atoms with Crippen LogP contribution in [0.15, 0.2) is 80.2 Å². The number of rotatable bonds is 6. The maximum atomic E-state index is 12.2. The van der Waals surface area contributed by atoms with Gasteiger partial charge in [-0.25, -0.2) is 5.43 Å². The number of nitrogens with one attached hydrogen (secondary N) is 2. The van der Waals surface area contributed by atoms with Crippen molar-refractivity contribution >= 4 is 47.1 Å². The minimum Gasteiger partial charge on any atom is -0.448 e. The van der Waals surface area contributed by atoms with E-state index in [1.165, 1.54) is 24.9 Å². The number of hydrogen-bond donors (Lipinski definition) is 2. The molecule has 0 aliphatic heterocycles. The van der Waals surface area contributed by atoms with Crippen molar-refractivity contribution in [3.8, 4) is 0 Å². The van der Waals surface area contributed by atoms with E-state index in [0.29, 0.717) is 27.1 Å². The SMILES string of the molecule is CC(=O)Nc1cccc(C(=O)NN=Cc2ccc(Sc3ccc(Cl)cc3)o2)c1. The Morgan fingerprint density at radius 2 is 1.89 bits per heavy atom. The standard InChI is InChI=1S/C20H16ClN3O3S/c1-13(25)23-16-4-2-3-14(11-16)20(26)24-22-12-17-7-10-19(27-17)28-18-8-5-15(21)6-9-18/h2-12H,1H3,(H,23,25)(H,24,26). The highest BCUT2D eigenvalue weighted by molar-refractivity contribution is 7.99. The molecule has 0 aliphatic carbocycles. The summed E-state index contributed by atoms with van der Waals surface area (Å²) in [6.07, 6.45) is 1.42. The van der Waals surface area contributed by atoms with Gasteiger partial charge >= 0.3 is 0 Å². The van der Waals surface area contributed by atoms with E-state index in [1.807, 2.05) is 30.3 Å². The fraction of sp³-hybridized carbons (Fsp3) is 0.0500. The molecule has 3 rings (SSSR count). The molecule has 0 unspecified atom stereocenters. The minimum absolute atomic E-state index is 0.208. The smallest absolute Gasteiger partial charge is 0.271 e. The molecule has 0 fully saturated rings. The van der Waals surface area contributed by atoms with Crippen LogP contribution < -0.4 is 10.7 Å². The molecule has 2 N–H and O–H groups in total. The second-order valence-electron chi connectivity index (χ2n) is 5.67. The summed E-state index contributed by atoms with van der Waals surface area (Å²) in [5.74, 6) is -0.102. The van der Waals surface area contributed by atoms with Gasteiger partial charge in [0.05, 0.1) is 6.21 Å². The van der Waals surface area contributed by atoms with Gasteiger partial charge in [-0.3, -0.25) is 9.59 Å². The van der Waals surface area contributed by atoms with Gasteiger partial charge in [-0.05, 0) is 54.6 Å². The number of halogens is 1. The topological polar surface area (TPSA) is 83.7 Å². The molecule has 0 saturated carbocycles. The zero-order valence-corrected chi connectivity index (χ0v) is 16.4. The molecular weight excluding hydrogens is 398 g/mol. The van der Waals surface area contributed by atoms with E-state index in [9.17, 15) is 9.59 Å². The van der Waals surface area contributed by atoms with Gasteiger partial charge < -0.3 is 9.73 Å². The van der Waals surface area contributed by atoms with E-state index in [1.54, 1.807) is 30.3 Å². The zero-order chi connectivity index (χ0) is 19.9. The number of furan rings is 1. The van der Waals surface area contributed by atoms with Gasteiger partial charge in [0.2, 0.25) is 5.91 Å². The van der Waals surface area contributed by atoms with Crippen LogP contribution in [-0.2, 0) is 4.79 Å². The lowest BCUT2D eigenvalue weighted by Crippen LogP contribution is -2.18. The van der Waals surface area contributed by atoms with Crippen LogP contribution in [0.4, 0.5) is 5.69 Å². The number of nitrogens with zero attached hydrogens (tertiary/aromatic N) is 1. The summed E-state index contributed by atoms with van der Waals surface area (Å²) in [7, 11) is 0. The Balaban J connectivity index is 1.57. The fourth-order valence-electron chi connectivity index (χ4n) is 2.24. The maximum Gasteiger partial charge on any atom is 0.271 e. The summed E-state index contributed by atoms with van der Waals surface area (Å²) in [4.78, 5) is 24.3. The van der Waals surface area contributed by atoms with Gasteiger partial charge in [-0.1, -0.05) is 29.4 Å². The largest absolute Gasteiger partial charge is 0.448 e. The van der Waals surface area contributed by atoms with E-state index in [2.05, 4.69) is 15.8 Å². The molecule has 28 heavy (non-hydrogen) atoms. The van der Waals surface area contributed by atoms with E-state index in [0.717, 1.165) is 4.90 Å². The first-order chi connectivity index (χ1) is 13.5. The average molecular weight is 414 g/mol. The molecule has 0 aliphatic rings. The third-order valence-corrected chi connectivity index (χ3v) is 4.62. The summed E-state index contributed by atoms with van der Waals surface area (Å²) < 4.78 is 5.65. The number of hydrogen-bond acceptors (Lipinski definition) is 5. The van der Waals surface area contributed by atoms with Crippen LogP contribution in [0.1, 0.15) is 23.0 Å². The Kier molecular flexibility index (Phi) is 6.52. The van der Waals surface area contributed by atoms with Crippen molar-refractivity contribution in [2.24, 2.45) is 5.10 Å². The summed E-state index contributed by atoms with van der Waals surface area (Å²) >= 11 is 7.32. The Morgan fingerprint density at radius 1 is 1.11 bits per heavy atom. The van der Waals surface area contributed by atoms with E-state index in [-0.39, 0.29) is 5.91 Å². The number of hydrazone groups is 1. The lowest BCUT2D eigenvalue weighted by atomic mass is 10.2. The third kappa shape index (κ3) is 5.73. The number of benzene rings is 2. The molecule has 1 heterocycles. The number of anilines is 1. The van der Waals surface area contributed by atoms with Crippen molar-refractivity contribution in [1.82, 2.24) is 5.43 Å². The molecule has 0 spiro atoms. The van der Waals surface area contributed by atoms with Crippen molar-refractivity contribution in [3.63, 3.8) is 0 Å². The highest BCUT2D eigenvalue weighted by Crippen LogP contribution is 2.29. The van der Waals surface area contributed by atoms with Crippen molar-refractivity contribution in [2.75, 3.05) is 5.32 Å². The molecule has 2 aromatic carbocycles. The molecule has 0 bridgehead atoms. The Morgan fingerprint density at radius 3 is 2.64 bits per heavy atom. The Labute approximate surface area is 171 Å². The summed E-state index contributed by atoms with van der Waals surface area (Å²) in [6, 6.07) is 17.6. The molecule has 3 aromatic rings. The molecule has 1 aromatic heterocycles. The van der Waals surface area contributed by atoms with Gasteiger partial charge in [0.25, 0.3) is 5.91 Å². The molecular formula is C20H16ClN3O3S. The lowest BCUT2D eigenvalue weighted by Gasteiger charge is -2.04. The molecule has 0 saturated heterocycles. The first-order valence-electron chi connectivity index (χ1n) is 8.24. The second kappa shape index (κ2) is 9.25. The highest BCUT2D eigenvalue weighted by atomic mass is 35.5. The first kappa shape index (κ1) is 19.7. The van der Waals surface area contributed by atoms with Crippen molar-refractivity contribution < 1.29 is 14.0 Å². The fourth-order valence-corrected chi connectivity index (χ4v) is 3.14. The molecule has 0 radical (unpaired) electrons. The van der Waals surface area contributed by atoms with Crippen LogP contribution in [0.5, 0.6) is 0 Å². The van der Waals surface area contributed by atoms with Crippen LogP contribution in [0.3, 0.4) is 0 Å². The molecule has 0 atom stereocenters. The van der Waals surface area contributed by atoms with Gasteiger partial charge in [0.15, 0.2) is 5.09 Å². The molecule has 8 heteroatoms. The van der Waals surface area contributed by atoms with Crippen LogP contribution in [0.2, 0.25) is 5.02 Å². The Hall–Kier alpha value is -3.03. The average Bonchev–Trinajstić information content (AvgIpc) is 3.10. The van der Waals surface area contributed by atoms with Crippen LogP contribution >= 0.6 is 23.4 Å². The highest BCUT2D eigenvalue weighted by Gasteiger charge is 2.06. The lowest BCUT2D eigenvalue weighted by molar-refractivity contribution is -0.114. The predicted octanol–water partition coefficient (Wildman–Crippen LogP) is 4.81. The van der Waals surface area contributed by atoms with Crippen LogP contribution in [0, 0.1) is 0 Å². The van der Waals surface area contributed by atoms with Crippen LogP contribution in [-0.4, -0.2) is 18.0 Å². The molecule has 142 valence electrons. The van der Waals surface area contributed by atoms with E-state index < -0.39 is 5.91 Å². The monoisotopic (exact) mass is 413 g/mol. The predicted molar refractivity (Wildman–Crippen MR) is 110 cm³/mol. The van der Waals surface area contributed by atoms with Gasteiger partial charge in [0.1, 0.15) is 5.76 Å². The Bertz CT molecular complexity index is 1020. The van der Waals surface area contributed by atoms with Crippen molar-refractivity contribution in [1.29, 1.82) is 0 Å².